The summed E-state index contributed by atoms with van der Waals surface area (Å²) in [5, 5.41) is 2.97. The number of aryl methyl sites for hydroxylation is 2. The lowest BCUT2D eigenvalue weighted by atomic mass is 10.00. The maximum atomic E-state index is 12.2. The van der Waals surface area contributed by atoms with Gasteiger partial charge in [0.05, 0.1) is 0 Å². The van der Waals surface area contributed by atoms with E-state index in [4.69, 9.17) is 4.74 Å². The third-order valence-corrected chi connectivity index (χ3v) is 3.69. The first kappa shape index (κ1) is 14.9. The van der Waals surface area contributed by atoms with Crippen molar-refractivity contribution in [3.8, 4) is 0 Å². The molecule has 1 heterocycles. The smallest absolute Gasteiger partial charge is 0.321 e. The van der Waals surface area contributed by atoms with Crippen LogP contribution >= 0.6 is 0 Å². The van der Waals surface area contributed by atoms with E-state index < -0.39 is 0 Å². The van der Waals surface area contributed by atoms with Crippen LogP contribution in [0.4, 0.5) is 10.5 Å². The minimum atomic E-state index is -0.0403. The molecule has 0 unspecified atom stereocenters. The van der Waals surface area contributed by atoms with E-state index in [9.17, 15) is 4.79 Å². The number of amides is 2. The van der Waals surface area contributed by atoms with E-state index in [2.05, 4.69) is 11.4 Å². The lowest BCUT2D eigenvalue weighted by Gasteiger charge is -2.27. The number of carbonyl (C=O) groups excluding carboxylic acids is 1. The molecule has 1 saturated heterocycles. The van der Waals surface area contributed by atoms with Gasteiger partial charge in [0.1, 0.15) is 0 Å². The van der Waals surface area contributed by atoms with Crippen LogP contribution in [0.25, 0.3) is 0 Å². The molecular weight excluding hydrogens is 252 g/mol. The van der Waals surface area contributed by atoms with Crippen LogP contribution < -0.4 is 5.32 Å². The SMILES string of the molecule is Cc1cc(C)cc(NC(=O)N(C)CC2CCOCC2)c1. The molecule has 0 saturated carbocycles. The van der Waals surface area contributed by atoms with E-state index in [1.807, 2.05) is 33.0 Å². The standard InChI is InChI=1S/C16H24N2O2/c1-12-8-13(2)10-15(9-12)17-16(19)18(3)11-14-4-6-20-7-5-14/h8-10,14H,4-7,11H2,1-3H3,(H,17,19). The number of benzene rings is 1. The Bertz CT molecular complexity index is 447. The molecule has 0 radical (unpaired) electrons. The van der Waals surface area contributed by atoms with Gasteiger partial charge < -0.3 is 15.0 Å². The molecule has 1 aliphatic rings. The highest BCUT2D eigenvalue weighted by Crippen LogP contribution is 2.17. The predicted molar refractivity (Wildman–Crippen MR) is 81.1 cm³/mol. The largest absolute Gasteiger partial charge is 0.381 e. The van der Waals surface area contributed by atoms with E-state index in [1.165, 1.54) is 0 Å². The highest BCUT2D eigenvalue weighted by molar-refractivity contribution is 5.89. The molecule has 0 aromatic heterocycles. The summed E-state index contributed by atoms with van der Waals surface area (Å²) in [5.74, 6) is 0.554. The summed E-state index contributed by atoms with van der Waals surface area (Å²) in [4.78, 5) is 14.0. The Kier molecular flexibility index (Phi) is 5.01. The number of ether oxygens (including phenoxy) is 1. The molecule has 1 N–H and O–H groups in total. The highest BCUT2D eigenvalue weighted by atomic mass is 16.5. The molecule has 0 atom stereocenters. The second kappa shape index (κ2) is 6.75. The van der Waals surface area contributed by atoms with Gasteiger partial charge in [-0.05, 0) is 55.9 Å². The number of nitrogens with one attached hydrogen (secondary N) is 1. The maximum absolute atomic E-state index is 12.2. The summed E-state index contributed by atoms with van der Waals surface area (Å²) in [7, 11) is 1.85. The van der Waals surface area contributed by atoms with Crippen molar-refractivity contribution in [3.05, 3.63) is 29.3 Å². The topological polar surface area (TPSA) is 41.6 Å². The summed E-state index contributed by atoms with van der Waals surface area (Å²) in [5.41, 5.74) is 3.19. The Morgan fingerprint density at radius 1 is 1.25 bits per heavy atom. The van der Waals surface area contributed by atoms with Gasteiger partial charge in [0.2, 0.25) is 0 Å². The Morgan fingerprint density at radius 3 is 2.45 bits per heavy atom. The number of carbonyl (C=O) groups is 1. The Balaban J connectivity index is 1.89. The van der Waals surface area contributed by atoms with Gasteiger partial charge in [-0.15, -0.1) is 0 Å². The second-order valence-corrected chi connectivity index (χ2v) is 5.74. The summed E-state index contributed by atoms with van der Waals surface area (Å²) in [6.45, 7) is 6.50. The van der Waals surface area contributed by atoms with Crippen LogP contribution in [-0.4, -0.2) is 37.7 Å². The molecule has 1 aliphatic heterocycles. The Labute approximate surface area is 121 Å². The Hall–Kier alpha value is -1.55. The molecule has 1 aromatic rings. The van der Waals surface area contributed by atoms with Gasteiger partial charge in [0.25, 0.3) is 0 Å². The molecule has 2 amide bonds. The lowest BCUT2D eigenvalue weighted by Crippen LogP contribution is -2.36. The van der Waals surface area contributed by atoms with Crippen LogP contribution in [0.15, 0.2) is 18.2 Å². The van der Waals surface area contributed by atoms with Gasteiger partial charge in [0, 0.05) is 32.5 Å². The minimum absolute atomic E-state index is 0.0403. The zero-order valence-corrected chi connectivity index (χ0v) is 12.6. The van der Waals surface area contributed by atoms with Crippen LogP contribution in [0, 0.1) is 19.8 Å². The first-order chi connectivity index (χ1) is 9.54. The zero-order chi connectivity index (χ0) is 14.5. The number of anilines is 1. The van der Waals surface area contributed by atoms with Crippen LogP contribution in [0.1, 0.15) is 24.0 Å². The van der Waals surface area contributed by atoms with Crippen LogP contribution in [-0.2, 0) is 4.74 Å². The summed E-state index contributed by atoms with van der Waals surface area (Å²) in [6, 6.07) is 6.04. The average molecular weight is 276 g/mol. The molecule has 2 rings (SSSR count). The Morgan fingerprint density at radius 2 is 1.85 bits per heavy atom. The van der Waals surface area contributed by atoms with Gasteiger partial charge in [-0.25, -0.2) is 4.79 Å². The summed E-state index contributed by atoms with van der Waals surface area (Å²) in [6.07, 6.45) is 2.09. The lowest BCUT2D eigenvalue weighted by molar-refractivity contribution is 0.0592. The van der Waals surface area contributed by atoms with Crippen molar-refractivity contribution in [2.75, 3.05) is 32.1 Å². The molecule has 20 heavy (non-hydrogen) atoms. The summed E-state index contributed by atoms with van der Waals surface area (Å²) < 4.78 is 5.34. The second-order valence-electron chi connectivity index (χ2n) is 5.74. The quantitative estimate of drug-likeness (QED) is 0.921. The number of nitrogens with zero attached hydrogens (tertiary/aromatic N) is 1. The summed E-state index contributed by atoms with van der Waals surface area (Å²) >= 11 is 0. The first-order valence-electron chi connectivity index (χ1n) is 7.23. The van der Waals surface area contributed by atoms with Gasteiger partial charge >= 0.3 is 6.03 Å². The molecule has 0 spiro atoms. The van der Waals surface area contributed by atoms with Crippen LogP contribution in [0.3, 0.4) is 0 Å². The van der Waals surface area contributed by atoms with Crippen molar-refractivity contribution in [3.63, 3.8) is 0 Å². The molecule has 110 valence electrons. The predicted octanol–water partition coefficient (Wildman–Crippen LogP) is 3.19. The molecule has 1 fully saturated rings. The minimum Gasteiger partial charge on any atom is -0.381 e. The van der Waals surface area contributed by atoms with E-state index >= 15 is 0 Å². The highest BCUT2D eigenvalue weighted by Gasteiger charge is 2.18. The van der Waals surface area contributed by atoms with Crippen molar-refractivity contribution in [1.82, 2.24) is 4.90 Å². The maximum Gasteiger partial charge on any atom is 0.321 e. The van der Waals surface area contributed by atoms with Gasteiger partial charge in [-0.2, -0.15) is 0 Å². The molecule has 0 bridgehead atoms. The fourth-order valence-corrected chi connectivity index (χ4v) is 2.66. The third-order valence-electron chi connectivity index (χ3n) is 3.69. The van der Waals surface area contributed by atoms with E-state index in [1.54, 1.807) is 4.90 Å². The van der Waals surface area contributed by atoms with Crippen molar-refractivity contribution in [1.29, 1.82) is 0 Å². The third kappa shape index (κ3) is 4.23. The van der Waals surface area contributed by atoms with E-state index in [0.29, 0.717) is 5.92 Å². The van der Waals surface area contributed by atoms with Gasteiger partial charge in [-0.3, -0.25) is 0 Å². The number of urea groups is 1. The van der Waals surface area contributed by atoms with Crippen molar-refractivity contribution in [2.24, 2.45) is 5.92 Å². The monoisotopic (exact) mass is 276 g/mol. The molecule has 4 heteroatoms. The van der Waals surface area contributed by atoms with Crippen LogP contribution in [0.2, 0.25) is 0 Å². The fraction of sp³-hybridized carbons (Fsp3) is 0.562. The van der Waals surface area contributed by atoms with Crippen molar-refractivity contribution >= 4 is 11.7 Å². The molecule has 0 aliphatic carbocycles. The fourth-order valence-electron chi connectivity index (χ4n) is 2.66. The van der Waals surface area contributed by atoms with Crippen molar-refractivity contribution < 1.29 is 9.53 Å². The number of hydrogen-bond donors (Lipinski definition) is 1. The first-order valence-corrected chi connectivity index (χ1v) is 7.23. The average Bonchev–Trinajstić information content (AvgIpc) is 2.38. The van der Waals surface area contributed by atoms with E-state index in [0.717, 1.165) is 49.4 Å². The molecule has 1 aromatic carbocycles. The normalized spacial score (nSPS) is 15.9. The van der Waals surface area contributed by atoms with Gasteiger partial charge in [-0.1, -0.05) is 6.07 Å². The van der Waals surface area contributed by atoms with Crippen LogP contribution in [0.5, 0.6) is 0 Å². The molecular formula is C16H24N2O2. The zero-order valence-electron chi connectivity index (χ0n) is 12.6. The number of hydrogen-bond acceptors (Lipinski definition) is 2. The van der Waals surface area contributed by atoms with Crippen molar-refractivity contribution in [2.45, 2.75) is 26.7 Å². The number of rotatable bonds is 3. The van der Waals surface area contributed by atoms with Gasteiger partial charge in [0.15, 0.2) is 0 Å². The molecule has 4 nitrogen and oxygen atoms in total. The van der Waals surface area contributed by atoms with E-state index in [-0.39, 0.29) is 6.03 Å².